The number of hydrogen-bond donors (Lipinski definition) is 0. The van der Waals surface area contributed by atoms with Crippen LogP contribution in [-0.2, 0) is 5.75 Å². The number of hydrogen-bond acceptors (Lipinski definition) is 1. The molecule has 2 aromatic rings. The fourth-order valence-electron chi connectivity index (χ4n) is 2.94. The van der Waals surface area contributed by atoms with Crippen molar-refractivity contribution in [1.82, 2.24) is 0 Å². The number of thioether (sulfide) groups is 1. The molecule has 0 aromatic heterocycles. The van der Waals surface area contributed by atoms with Crippen LogP contribution >= 0.6 is 11.8 Å². The second kappa shape index (κ2) is 4.60. The van der Waals surface area contributed by atoms with Gasteiger partial charge in [-0.3, -0.25) is 0 Å². The molecule has 2 heteroatoms. The summed E-state index contributed by atoms with van der Waals surface area (Å²) in [4.78, 5) is 0.689. The van der Waals surface area contributed by atoms with Crippen LogP contribution in [0.5, 0.6) is 0 Å². The Labute approximate surface area is 114 Å². The van der Waals surface area contributed by atoms with Gasteiger partial charge in [-0.05, 0) is 11.1 Å². The minimum Gasteiger partial charge on any atom is -0.152 e. The lowest BCUT2D eigenvalue weighted by atomic mass is 10.2. The van der Waals surface area contributed by atoms with Crippen LogP contribution in [0.15, 0.2) is 54.6 Å². The Morgan fingerprint density at radius 1 is 0.944 bits per heavy atom. The van der Waals surface area contributed by atoms with Crippen LogP contribution in [0.25, 0.3) is 0 Å². The lowest BCUT2D eigenvalue weighted by Crippen LogP contribution is -2.50. The third-order valence-corrected chi connectivity index (χ3v) is 10.7. The monoisotopic (exact) mass is 270 g/mol. The Morgan fingerprint density at radius 3 is 2.39 bits per heavy atom. The normalized spacial score (nSPS) is 21.3. The average molecular weight is 270 g/mol. The highest BCUT2D eigenvalue weighted by Crippen LogP contribution is 2.42. The van der Waals surface area contributed by atoms with Crippen molar-refractivity contribution in [3.63, 3.8) is 0 Å². The molecule has 1 aliphatic heterocycles. The maximum absolute atomic E-state index is 2.51. The third-order valence-electron chi connectivity index (χ3n) is 3.87. The van der Waals surface area contributed by atoms with Crippen molar-refractivity contribution >= 4 is 25.0 Å². The predicted octanol–water partition coefficient (Wildman–Crippen LogP) is 4.13. The van der Waals surface area contributed by atoms with E-state index in [1.54, 1.807) is 10.8 Å². The molecule has 1 heterocycles. The number of rotatable bonds is 1. The first-order chi connectivity index (χ1) is 8.69. The van der Waals surface area contributed by atoms with Gasteiger partial charge in [-0.15, -0.1) is 0 Å². The van der Waals surface area contributed by atoms with Crippen molar-refractivity contribution in [2.75, 3.05) is 0 Å². The van der Waals surface area contributed by atoms with Gasteiger partial charge >= 0.3 is 0 Å². The van der Waals surface area contributed by atoms with Crippen molar-refractivity contribution in [1.29, 1.82) is 0 Å². The Morgan fingerprint density at radius 2 is 1.61 bits per heavy atom. The van der Waals surface area contributed by atoms with Gasteiger partial charge in [0.25, 0.3) is 0 Å². The Kier molecular flexibility index (Phi) is 3.08. The lowest BCUT2D eigenvalue weighted by molar-refractivity contribution is 1.24. The molecule has 0 N–H and O–H groups in total. The molecule has 0 spiro atoms. The molecule has 0 fully saturated rings. The minimum atomic E-state index is -1.42. The van der Waals surface area contributed by atoms with Gasteiger partial charge in [-0.25, -0.2) is 0 Å². The molecule has 0 saturated carbocycles. The van der Waals surface area contributed by atoms with Gasteiger partial charge in [-0.2, -0.15) is 11.8 Å². The van der Waals surface area contributed by atoms with Crippen LogP contribution in [0.4, 0.5) is 0 Å². The van der Waals surface area contributed by atoms with Crippen LogP contribution in [0.1, 0.15) is 16.0 Å². The zero-order valence-electron chi connectivity index (χ0n) is 10.9. The third kappa shape index (κ3) is 1.94. The van der Waals surface area contributed by atoms with Crippen molar-refractivity contribution < 1.29 is 0 Å². The maximum Gasteiger partial charge on any atom is 0.0996 e. The Hall–Kier alpha value is -0.993. The molecule has 0 nitrogen and oxygen atoms in total. The topological polar surface area (TPSA) is 0 Å². The highest BCUT2D eigenvalue weighted by Gasteiger charge is 2.39. The summed E-state index contributed by atoms with van der Waals surface area (Å²) in [6.45, 7) is 5.02. The number of benzene rings is 2. The smallest absolute Gasteiger partial charge is 0.0996 e. The fraction of sp³-hybridized carbons (Fsp3) is 0.250. The zero-order valence-corrected chi connectivity index (χ0v) is 12.7. The molecular formula is C16H18SSi. The summed E-state index contributed by atoms with van der Waals surface area (Å²) in [6, 6.07) is 20.1. The van der Waals surface area contributed by atoms with Crippen LogP contribution in [-0.4, -0.2) is 8.07 Å². The first-order valence-corrected chi connectivity index (χ1v) is 10.6. The van der Waals surface area contributed by atoms with E-state index in [0.29, 0.717) is 4.87 Å². The fourth-order valence-corrected chi connectivity index (χ4v) is 9.14. The average Bonchev–Trinajstić information content (AvgIpc) is 2.40. The largest absolute Gasteiger partial charge is 0.152 e. The van der Waals surface area contributed by atoms with E-state index < -0.39 is 8.07 Å². The summed E-state index contributed by atoms with van der Waals surface area (Å²) in [7, 11) is -1.42. The van der Waals surface area contributed by atoms with Gasteiger partial charge in [-0.1, -0.05) is 72.9 Å². The molecule has 18 heavy (non-hydrogen) atoms. The molecule has 0 radical (unpaired) electrons. The summed E-state index contributed by atoms with van der Waals surface area (Å²) in [5.74, 6) is 1.16. The van der Waals surface area contributed by atoms with Crippen LogP contribution in [0.2, 0.25) is 13.1 Å². The van der Waals surface area contributed by atoms with Gasteiger partial charge in [0, 0.05) is 10.6 Å². The van der Waals surface area contributed by atoms with E-state index in [1.165, 1.54) is 5.56 Å². The molecule has 0 amide bonds. The summed E-state index contributed by atoms with van der Waals surface area (Å²) in [5.41, 5.74) is 3.07. The molecule has 0 bridgehead atoms. The summed E-state index contributed by atoms with van der Waals surface area (Å²) < 4.78 is 0. The first-order valence-electron chi connectivity index (χ1n) is 6.44. The Balaban J connectivity index is 2.06. The zero-order chi connectivity index (χ0) is 12.6. The molecule has 0 aliphatic carbocycles. The van der Waals surface area contributed by atoms with E-state index in [4.69, 9.17) is 0 Å². The van der Waals surface area contributed by atoms with E-state index in [0.717, 1.165) is 5.75 Å². The van der Waals surface area contributed by atoms with Crippen LogP contribution < -0.4 is 5.19 Å². The van der Waals surface area contributed by atoms with Gasteiger partial charge in [0.2, 0.25) is 0 Å². The molecule has 1 unspecified atom stereocenters. The van der Waals surface area contributed by atoms with Crippen molar-refractivity contribution in [2.45, 2.75) is 23.7 Å². The van der Waals surface area contributed by atoms with Gasteiger partial charge in [0.1, 0.15) is 0 Å². The highest BCUT2D eigenvalue weighted by molar-refractivity contribution is 8.00. The van der Waals surface area contributed by atoms with Crippen molar-refractivity contribution in [2.24, 2.45) is 0 Å². The second-order valence-corrected chi connectivity index (χ2v) is 11.6. The molecular weight excluding hydrogens is 252 g/mol. The molecule has 0 saturated heterocycles. The SMILES string of the molecule is C[Si]1(C)c2ccccc2CSC1c1ccccc1. The van der Waals surface area contributed by atoms with E-state index in [2.05, 4.69) is 79.5 Å². The summed E-state index contributed by atoms with van der Waals surface area (Å²) >= 11 is 2.13. The van der Waals surface area contributed by atoms with E-state index in [1.807, 2.05) is 0 Å². The van der Waals surface area contributed by atoms with E-state index >= 15 is 0 Å². The van der Waals surface area contributed by atoms with Gasteiger partial charge < -0.3 is 0 Å². The lowest BCUT2D eigenvalue weighted by Gasteiger charge is -2.38. The first kappa shape index (κ1) is 12.1. The molecule has 1 atom stereocenters. The molecule has 3 rings (SSSR count). The summed E-state index contributed by atoms with van der Waals surface area (Å²) in [5, 5.41) is 1.65. The van der Waals surface area contributed by atoms with Crippen molar-refractivity contribution in [3.8, 4) is 0 Å². The quantitative estimate of drug-likeness (QED) is 0.702. The van der Waals surface area contributed by atoms with Gasteiger partial charge in [0.05, 0.1) is 8.07 Å². The predicted molar refractivity (Wildman–Crippen MR) is 84.0 cm³/mol. The van der Waals surface area contributed by atoms with Crippen LogP contribution in [0.3, 0.4) is 0 Å². The van der Waals surface area contributed by atoms with Crippen molar-refractivity contribution in [3.05, 3.63) is 65.7 Å². The number of fused-ring (bicyclic) bond motifs is 1. The molecule has 2 aromatic carbocycles. The molecule has 92 valence electrons. The maximum atomic E-state index is 2.51. The Bertz CT molecular complexity index is 548. The minimum absolute atomic E-state index is 0.689. The highest BCUT2D eigenvalue weighted by atomic mass is 32.2. The van der Waals surface area contributed by atoms with Crippen LogP contribution in [0, 0.1) is 0 Å². The standard InChI is InChI=1S/C16H18SSi/c1-18(2)15-11-7-6-10-14(15)12-17-16(18)13-8-4-3-5-9-13/h3-11,16H,12H2,1-2H3. The van der Waals surface area contributed by atoms with E-state index in [9.17, 15) is 0 Å². The second-order valence-electron chi connectivity index (χ2n) is 5.48. The molecule has 1 aliphatic rings. The van der Waals surface area contributed by atoms with Gasteiger partial charge in [0.15, 0.2) is 0 Å². The van der Waals surface area contributed by atoms with E-state index in [-0.39, 0.29) is 0 Å². The summed E-state index contributed by atoms with van der Waals surface area (Å²) in [6.07, 6.45) is 0.